The maximum atomic E-state index is 13.1. The zero-order valence-corrected chi connectivity index (χ0v) is 10.7. The number of hydrogen-bond acceptors (Lipinski definition) is 3. The van der Waals surface area contributed by atoms with Crippen LogP contribution in [-0.4, -0.2) is 19.6 Å². The lowest BCUT2D eigenvalue weighted by Gasteiger charge is -2.09. The molecule has 0 atom stereocenters. The Balaban J connectivity index is 2.60. The molecular weight excluding hydrogens is 277 g/mol. The Kier molecular flexibility index (Phi) is 4.73. The van der Waals surface area contributed by atoms with Crippen LogP contribution >= 0.6 is 15.9 Å². The highest BCUT2D eigenvalue weighted by atomic mass is 79.9. The second-order valence-corrected chi connectivity index (χ2v) is 4.19. The van der Waals surface area contributed by atoms with Crippen LogP contribution in [0.15, 0.2) is 16.6 Å². The molecule has 16 heavy (non-hydrogen) atoms. The van der Waals surface area contributed by atoms with Gasteiger partial charge in [-0.1, -0.05) is 0 Å². The quantitative estimate of drug-likeness (QED) is 0.867. The molecule has 3 nitrogen and oxygen atoms in total. The van der Waals surface area contributed by atoms with Crippen molar-refractivity contribution in [2.45, 2.75) is 13.3 Å². The molecule has 0 fully saturated rings. The second-order valence-electron chi connectivity index (χ2n) is 3.33. The monoisotopic (exact) mass is 289 g/mol. The van der Waals surface area contributed by atoms with E-state index in [-0.39, 0.29) is 18.2 Å². The molecule has 0 amide bonds. The highest BCUT2D eigenvalue weighted by Crippen LogP contribution is 2.24. The Labute approximate surface area is 102 Å². The summed E-state index contributed by atoms with van der Waals surface area (Å²) in [4.78, 5) is 10.9. The molecule has 0 aliphatic rings. The van der Waals surface area contributed by atoms with Crippen LogP contribution in [0.5, 0.6) is 0 Å². The summed E-state index contributed by atoms with van der Waals surface area (Å²) in [6.45, 7) is 2.27. The molecule has 0 radical (unpaired) electrons. The molecule has 0 saturated carbocycles. The number of rotatable bonds is 4. The molecule has 1 rings (SSSR count). The van der Waals surface area contributed by atoms with Gasteiger partial charge in [0.1, 0.15) is 5.82 Å². The molecule has 1 N–H and O–H groups in total. The lowest BCUT2D eigenvalue weighted by atomic mass is 10.2. The summed E-state index contributed by atoms with van der Waals surface area (Å²) in [5.41, 5.74) is 1.60. The average Bonchev–Trinajstić information content (AvgIpc) is 2.25. The number of anilines is 1. The van der Waals surface area contributed by atoms with E-state index < -0.39 is 0 Å². The van der Waals surface area contributed by atoms with Gasteiger partial charge in [0.2, 0.25) is 0 Å². The van der Waals surface area contributed by atoms with E-state index in [4.69, 9.17) is 0 Å². The van der Waals surface area contributed by atoms with Gasteiger partial charge in [0.25, 0.3) is 0 Å². The molecule has 0 bridgehead atoms. The van der Waals surface area contributed by atoms with E-state index in [1.807, 2.05) is 0 Å². The van der Waals surface area contributed by atoms with Crippen molar-refractivity contribution < 1.29 is 13.9 Å². The van der Waals surface area contributed by atoms with Crippen LogP contribution < -0.4 is 5.32 Å². The van der Waals surface area contributed by atoms with Crippen LogP contribution in [0.2, 0.25) is 0 Å². The largest absolute Gasteiger partial charge is 0.469 e. The van der Waals surface area contributed by atoms with Crippen LogP contribution in [0.3, 0.4) is 0 Å². The lowest BCUT2D eigenvalue weighted by Crippen LogP contribution is -2.10. The van der Waals surface area contributed by atoms with Crippen molar-refractivity contribution in [1.82, 2.24) is 0 Å². The molecule has 0 unspecified atom stereocenters. The Morgan fingerprint density at radius 3 is 2.88 bits per heavy atom. The Hall–Kier alpha value is -1.10. The van der Waals surface area contributed by atoms with Crippen LogP contribution in [0.25, 0.3) is 0 Å². The molecule has 0 saturated heterocycles. The normalized spacial score (nSPS) is 10.0. The zero-order chi connectivity index (χ0) is 12.1. The number of carbonyl (C=O) groups is 1. The van der Waals surface area contributed by atoms with Crippen LogP contribution in [0.1, 0.15) is 12.0 Å². The van der Waals surface area contributed by atoms with Crippen LogP contribution in [0.4, 0.5) is 10.1 Å². The molecule has 88 valence electrons. The van der Waals surface area contributed by atoms with Crippen molar-refractivity contribution in [3.8, 4) is 0 Å². The third-order valence-electron chi connectivity index (χ3n) is 2.14. The molecule has 1 aromatic rings. The Bertz CT molecular complexity index is 396. The first-order chi connectivity index (χ1) is 7.54. The minimum atomic E-state index is -0.295. The molecule has 0 aromatic heterocycles. The highest BCUT2D eigenvalue weighted by Gasteiger charge is 2.05. The first-order valence-electron chi connectivity index (χ1n) is 4.81. The van der Waals surface area contributed by atoms with Gasteiger partial charge in [0.05, 0.1) is 18.0 Å². The number of esters is 1. The number of halogens is 2. The number of aryl methyl sites for hydroxylation is 1. The highest BCUT2D eigenvalue weighted by molar-refractivity contribution is 9.10. The van der Waals surface area contributed by atoms with Gasteiger partial charge in [-0.15, -0.1) is 0 Å². The summed E-state index contributed by atoms with van der Waals surface area (Å²) in [5.74, 6) is -0.567. The lowest BCUT2D eigenvalue weighted by molar-refractivity contribution is -0.140. The molecular formula is C11H13BrFNO2. The van der Waals surface area contributed by atoms with Gasteiger partial charge in [0.15, 0.2) is 0 Å². The summed E-state index contributed by atoms with van der Waals surface area (Å²) < 4.78 is 18.0. The standard InChI is InChI=1S/C11H13BrFNO2/c1-7-5-9(13)8(12)6-10(7)14-4-3-11(15)16-2/h5-6,14H,3-4H2,1-2H3. The zero-order valence-electron chi connectivity index (χ0n) is 9.14. The number of methoxy groups -OCH3 is 1. The van der Waals surface area contributed by atoms with E-state index in [9.17, 15) is 9.18 Å². The summed E-state index contributed by atoms with van der Waals surface area (Å²) in [7, 11) is 1.35. The van der Waals surface area contributed by atoms with Crippen molar-refractivity contribution in [3.05, 3.63) is 28.0 Å². The van der Waals surface area contributed by atoms with Gasteiger partial charge < -0.3 is 10.1 Å². The van der Waals surface area contributed by atoms with Crippen molar-refractivity contribution in [1.29, 1.82) is 0 Å². The minimum absolute atomic E-state index is 0.272. The van der Waals surface area contributed by atoms with Crippen molar-refractivity contribution in [2.75, 3.05) is 19.0 Å². The smallest absolute Gasteiger partial charge is 0.307 e. The predicted molar refractivity (Wildman–Crippen MR) is 64.0 cm³/mol. The number of ether oxygens (including phenoxy) is 1. The molecule has 0 spiro atoms. The fraction of sp³-hybridized carbons (Fsp3) is 0.364. The SMILES string of the molecule is COC(=O)CCNc1cc(Br)c(F)cc1C. The van der Waals surface area contributed by atoms with Gasteiger partial charge in [-0.05, 0) is 40.5 Å². The molecule has 0 heterocycles. The maximum Gasteiger partial charge on any atom is 0.307 e. The van der Waals surface area contributed by atoms with E-state index in [0.29, 0.717) is 11.0 Å². The van der Waals surface area contributed by atoms with Crippen LogP contribution in [0, 0.1) is 12.7 Å². The number of nitrogens with one attached hydrogen (secondary N) is 1. The predicted octanol–water partition coefficient (Wildman–Crippen LogP) is 2.87. The summed E-state index contributed by atoms with van der Waals surface area (Å²) in [5, 5.41) is 3.05. The number of benzene rings is 1. The summed E-state index contributed by atoms with van der Waals surface area (Å²) in [6, 6.07) is 3.09. The van der Waals surface area contributed by atoms with Gasteiger partial charge >= 0.3 is 5.97 Å². The van der Waals surface area contributed by atoms with Crippen molar-refractivity contribution >= 4 is 27.6 Å². The number of carbonyl (C=O) groups excluding carboxylic acids is 1. The second kappa shape index (κ2) is 5.84. The fourth-order valence-electron chi connectivity index (χ4n) is 1.24. The molecule has 0 aliphatic carbocycles. The summed E-state index contributed by atoms with van der Waals surface area (Å²) in [6.07, 6.45) is 0.283. The topological polar surface area (TPSA) is 38.3 Å². The summed E-state index contributed by atoms with van der Waals surface area (Å²) >= 11 is 3.11. The Morgan fingerprint density at radius 2 is 2.25 bits per heavy atom. The van der Waals surface area contributed by atoms with E-state index in [1.165, 1.54) is 13.2 Å². The van der Waals surface area contributed by atoms with Crippen molar-refractivity contribution in [2.24, 2.45) is 0 Å². The first-order valence-corrected chi connectivity index (χ1v) is 5.60. The molecule has 0 aliphatic heterocycles. The Morgan fingerprint density at radius 1 is 1.56 bits per heavy atom. The van der Waals surface area contributed by atoms with E-state index in [2.05, 4.69) is 26.0 Å². The third-order valence-corrected chi connectivity index (χ3v) is 2.75. The van der Waals surface area contributed by atoms with E-state index >= 15 is 0 Å². The molecule has 5 heteroatoms. The van der Waals surface area contributed by atoms with Gasteiger partial charge in [-0.25, -0.2) is 4.39 Å². The fourth-order valence-corrected chi connectivity index (χ4v) is 1.58. The minimum Gasteiger partial charge on any atom is -0.469 e. The van der Waals surface area contributed by atoms with E-state index in [1.54, 1.807) is 13.0 Å². The van der Waals surface area contributed by atoms with Gasteiger partial charge in [-0.3, -0.25) is 4.79 Å². The van der Waals surface area contributed by atoms with Crippen molar-refractivity contribution in [3.63, 3.8) is 0 Å². The molecule has 1 aromatic carbocycles. The number of hydrogen-bond donors (Lipinski definition) is 1. The van der Waals surface area contributed by atoms with Gasteiger partial charge in [0, 0.05) is 12.2 Å². The van der Waals surface area contributed by atoms with Gasteiger partial charge in [-0.2, -0.15) is 0 Å². The van der Waals surface area contributed by atoms with E-state index in [0.717, 1.165) is 11.3 Å². The average molecular weight is 290 g/mol. The third kappa shape index (κ3) is 3.48. The van der Waals surface area contributed by atoms with Crippen LogP contribution in [-0.2, 0) is 9.53 Å². The first kappa shape index (κ1) is 13.0. The maximum absolute atomic E-state index is 13.1.